The SMILES string of the molecule is c1ccc(-c2nc(-c3ccccc3)nc(-c3ccc4c(c3)oc3ccc(-c5cc(-c6cccc7c6sc6ccccc67)cc6c5sc5ccccc56)cc34)n2)cc1. The van der Waals surface area contributed by atoms with Gasteiger partial charge >= 0.3 is 0 Å². The molecule has 4 nitrogen and oxygen atoms in total. The van der Waals surface area contributed by atoms with E-state index in [2.05, 4.69) is 115 Å². The Morgan fingerprint density at radius 2 is 0.877 bits per heavy atom. The monoisotopic (exact) mass is 763 g/mol. The van der Waals surface area contributed by atoms with E-state index in [0.717, 1.165) is 44.2 Å². The third-order valence-electron chi connectivity index (χ3n) is 10.9. The van der Waals surface area contributed by atoms with Gasteiger partial charge in [0.1, 0.15) is 11.2 Å². The van der Waals surface area contributed by atoms with Crippen LogP contribution in [0.3, 0.4) is 0 Å². The molecule has 12 rings (SSSR count). The first-order valence-electron chi connectivity index (χ1n) is 18.9. The molecule has 0 saturated carbocycles. The number of rotatable bonds is 5. The fourth-order valence-corrected chi connectivity index (χ4v) is 10.7. The summed E-state index contributed by atoms with van der Waals surface area (Å²) in [4.78, 5) is 14.8. The van der Waals surface area contributed by atoms with E-state index in [1.54, 1.807) is 0 Å². The Hall–Kier alpha value is -6.99. The summed E-state index contributed by atoms with van der Waals surface area (Å²) in [6, 6.07) is 62.1. The molecule has 0 aliphatic rings. The lowest BCUT2D eigenvalue weighted by Crippen LogP contribution is -2.00. The number of furan rings is 1. The molecule has 266 valence electrons. The molecule has 0 atom stereocenters. The molecule has 0 aliphatic carbocycles. The van der Waals surface area contributed by atoms with Gasteiger partial charge in [0, 0.05) is 73.4 Å². The number of hydrogen-bond acceptors (Lipinski definition) is 6. The Labute approximate surface area is 335 Å². The van der Waals surface area contributed by atoms with Crippen molar-refractivity contribution in [2.75, 3.05) is 0 Å². The highest BCUT2D eigenvalue weighted by Gasteiger charge is 2.19. The molecule has 4 heterocycles. The average Bonchev–Trinajstić information content (AvgIpc) is 3.97. The number of fused-ring (bicyclic) bond motifs is 9. The van der Waals surface area contributed by atoms with Gasteiger partial charge in [0.15, 0.2) is 17.5 Å². The molecule has 0 amide bonds. The Morgan fingerprint density at radius 1 is 0.316 bits per heavy atom. The number of thiophene rings is 2. The van der Waals surface area contributed by atoms with E-state index in [1.807, 2.05) is 83.3 Å². The van der Waals surface area contributed by atoms with E-state index in [1.165, 1.54) is 57.0 Å². The zero-order valence-electron chi connectivity index (χ0n) is 30.3. The lowest BCUT2D eigenvalue weighted by molar-refractivity contribution is 0.669. The van der Waals surface area contributed by atoms with Crippen molar-refractivity contribution < 1.29 is 4.42 Å². The molecule has 4 aromatic heterocycles. The maximum Gasteiger partial charge on any atom is 0.164 e. The molecular formula is C51H29N3OS2. The van der Waals surface area contributed by atoms with Crippen LogP contribution in [-0.4, -0.2) is 15.0 Å². The molecule has 0 bridgehead atoms. The van der Waals surface area contributed by atoms with Crippen LogP contribution in [0.2, 0.25) is 0 Å². The van der Waals surface area contributed by atoms with Crippen molar-refractivity contribution in [2.45, 2.75) is 0 Å². The van der Waals surface area contributed by atoms with Gasteiger partial charge < -0.3 is 4.42 Å². The molecule has 0 radical (unpaired) electrons. The first-order chi connectivity index (χ1) is 28.2. The normalized spacial score (nSPS) is 11.9. The first-order valence-corrected chi connectivity index (χ1v) is 20.6. The molecule has 0 N–H and O–H groups in total. The Morgan fingerprint density at radius 3 is 1.58 bits per heavy atom. The van der Waals surface area contributed by atoms with Gasteiger partial charge in [-0.15, -0.1) is 22.7 Å². The van der Waals surface area contributed by atoms with Crippen LogP contribution >= 0.6 is 22.7 Å². The van der Waals surface area contributed by atoms with Gasteiger partial charge in [0.05, 0.1) is 0 Å². The molecule has 0 aliphatic heterocycles. The van der Waals surface area contributed by atoms with Crippen molar-refractivity contribution in [3.05, 3.63) is 176 Å². The second-order valence-corrected chi connectivity index (χ2v) is 16.4. The van der Waals surface area contributed by atoms with Crippen molar-refractivity contribution in [1.29, 1.82) is 0 Å². The fraction of sp³-hybridized carbons (Fsp3) is 0. The zero-order valence-corrected chi connectivity index (χ0v) is 31.9. The van der Waals surface area contributed by atoms with Crippen LogP contribution in [0.4, 0.5) is 0 Å². The Kier molecular flexibility index (Phi) is 7.24. The van der Waals surface area contributed by atoms with E-state index in [9.17, 15) is 0 Å². The molecule has 0 unspecified atom stereocenters. The molecule has 6 heteroatoms. The van der Waals surface area contributed by atoms with Gasteiger partial charge in [-0.3, -0.25) is 0 Å². The van der Waals surface area contributed by atoms with Crippen LogP contribution in [0.25, 0.3) is 119 Å². The highest BCUT2D eigenvalue weighted by Crippen LogP contribution is 2.46. The number of nitrogens with zero attached hydrogens (tertiary/aromatic N) is 3. The van der Waals surface area contributed by atoms with Crippen LogP contribution in [0.5, 0.6) is 0 Å². The smallest absolute Gasteiger partial charge is 0.164 e. The molecular weight excluding hydrogens is 735 g/mol. The van der Waals surface area contributed by atoms with Crippen molar-refractivity contribution in [2.24, 2.45) is 0 Å². The maximum atomic E-state index is 6.57. The second-order valence-electron chi connectivity index (χ2n) is 14.3. The summed E-state index contributed by atoms with van der Waals surface area (Å²) in [5.74, 6) is 1.86. The fourth-order valence-electron chi connectivity index (χ4n) is 8.19. The quantitative estimate of drug-likeness (QED) is 0.175. The van der Waals surface area contributed by atoms with Crippen LogP contribution in [-0.2, 0) is 0 Å². The summed E-state index contributed by atoms with van der Waals surface area (Å²) in [6.45, 7) is 0. The highest BCUT2D eigenvalue weighted by atomic mass is 32.1. The van der Waals surface area contributed by atoms with Crippen molar-refractivity contribution in [3.63, 3.8) is 0 Å². The Balaban J connectivity index is 1.02. The molecule has 8 aromatic carbocycles. The zero-order chi connectivity index (χ0) is 37.5. The van der Waals surface area contributed by atoms with Gasteiger partial charge in [-0.25, -0.2) is 15.0 Å². The molecule has 0 fully saturated rings. The summed E-state index contributed by atoms with van der Waals surface area (Å²) in [7, 11) is 0. The number of hydrogen-bond donors (Lipinski definition) is 0. The summed E-state index contributed by atoms with van der Waals surface area (Å²) in [6.07, 6.45) is 0. The van der Waals surface area contributed by atoms with Crippen LogP contribution in [0.15, 0.2) is 180 Å². The summed E-state index contributed by atoms with van der Waals surface area (Å²) < 4.78 is 11.8. The van der Waals surface area contributed by atoms with E-state index >= 15 is 0 Å². The topological polar surface area (TPSA) is 51.8 Å². The summed E-state index contributed by atoms with van der Waals surface area (Å²) in [5, 5.41) is 7.31. The molecule has 57 heavy (non-hydrogen) atoms. The lowest BCUT2D eigenvalue weighted by atomic mass is 9.94. The van der Waals surface area contributed by atoms with Gasteiger partial charge in [-0.05, 0) is 65.2 Å². The van der Waals surface area contributed by atoms with Crippen LogP contribution < -0.4 is 0 Å². The molecule has 0 saturated heterocycles. The summed E-state index contributed by atoms with van der Waals surface area (Å²) in [5.41, 5.74) is 9.25. The minimum Gasteiger partial charge on any atom is -0.456 e. The average molecular weight is 764 g/mol. The Bertz CT molecular complexity index is 3470. The van der Waals surface area contributed by atoms with E-state index in [4.69, 9.17) is 19.4 Å². The highest BCUT2D eigenvalue weighted by molar-refractivity contribution is 7.26. The number of benzene rings is 8. The van der Waals surface area contributed by atoms with Gasteiger partial charge in [0.25, 0.3) is 0 Å². The lowest BCUT2D eigenvalue weighted by Gasteiger charge is -2.10. The minimum absolute atomic E-state index is 0.600. The third kappa shape index (κ3) is 5.30. The summed E-state index contributed by atoms with van der Waals surface area (Å²) >= 11 is 3.74. The van der Waals surface area contributed by atoms with Crippen LogP contribution in [0, 0.1) is 0 Å². The van der Waals surface area contributed by atoms with E-state index in [0.29, 0.717) is 17.5 Å². The van der Waals surface area contributed by atoms with Gasteiger partial charge in [-0.2, -0.15) is 0 Å². The van der Waals surface area contributed by atoms with Crippen molar-refractivity contribution in [3.8, 4) is 56.4 Å². The van der Waals surface area contributed by atoms with Crippen LogP contribution in [0.1, 0.15) is 0 Å². The van der Waals surface area contributed by atoms with Gasteiger partial charge in [-0.1, -0.05) is 127 Å². The van der Waals surface area contributed by atoms with Gasteiger partial charge in [0.2, 0.25) is 0 Å². The number of aromatic nitrogens is 3. The predicted octanol–water partition coefficient (Wildman–Crippen LogP) is 14.8. The maximum absolute atomic E-state index is 6.57. The predicted molar refractivity (Wildman–Crippen MR) is 240 cm³/mol. The van der Waals surface area contributed by atoms with Crippen molar-refractivity contribution in [1.82, 2.24) is 15.0 Å². The first kappa shape index (κ1) is 32.3. The third-order valence-corrected chi connectivity index (χ3v) is 13.4. The van der Waals surface area contributed by atoms with E-state index < -0.39 is 0 Å². The second kappa shape index (κ2) is 12.8. The molecule has 12 aromatic rings. The largest absolute Gasteiger partial charge is 0.456 e. The molecule has 0 spiro atoms. The van der Waals surface area contributed by atoms with Crippen molar-refractivity contribution >= 4 is 85.0 Å². The standard InChI is InChI=1S/C51H29N3OS2/c1-3-12-30(13-4-1)49-52-50(31-14-5-2-6-15-31)54-51(53-49)33-22-24-36-41-26-32(23-25-43(41)55-44(36)29-33)40-27-34(28-42-38-17-8-10-21-46(38)57-48(40)42)35-18-11-19-39-37-16-7-9-20-45(37)56-47(35)39/h1-29H. The minimum atomic E-state index is 0.600. The van der Waals surface area contributed by atoms with E-state index in [-0.39, 0.29) is 0 Å².